The second-order valence-electron chi connectivity index (χ2n) is 6.81. The molecule has 2 aromatic carbocycles. The van der Waals surface area contributed by atoms with Gasteiger partial charge < -0.3 is 14.8 Å². The maximum atomic E-state index is 13.7. The molecule has 1 heterocycles. The summed E-state index contributed by atoms with van der Waals surface area (Å²) < 4.78 is 50.9. The van der Waals surface area contributed by atoms with E-state index in [9.17, 15) is 27.6 Å². The number of para-hydroxylation sites is 2. The smallest absolute Gasteiger partial charge is 0.409 e. The van der Waals surface area contributed by atoms with Crippen molar-refractivity contribution < 1.29 is 37.0 Å². The monoisotopic (exact) mass is 448 g/mol. The second kappa shape index (κ2) is 9.54. The van der Waals surface area contributed by atoms with Crippen LogP contribution < -0.4 is 15.0 Å². The SMILES string of the molecule is COc1cccc(/C=C/C(=O)OCC(=O)N2c3ccccc3NC(=O)CC2C(F)(F)F)c1. The van der Waals surface area contributed by atoms with Crippen LogP contribution in [0.15, 0.2) is 54.6 Å². The predicted octanol–water partition coefficient (Wildman–Crippen LogP) is 3.56. The molecule has 1 N–H and O–H groups in total. The van der Waals surface area contributed by atoms with Crippen LogP contribution in [0, 0.1) is 0 Å². The maximum absolute atomic E-state index is 13.7. The molecule has 0 aliphatic carbocycles. The minimum atomic E-state index is -4.87. The zero-order valence-corrected chi connectivity index (χ0v) is 16.9. The molecule has 10 heteroatoms. The Morgan fingerprint density at radius 1 is 1.19 bits per heavy atom. The molecule has 3 rings (SSSR count). The number of carbonyl (C=O) groups excluding carboxylic acids is 3. The van der Waals surface area contributed by atoms with Crippen molar-refractivity contribution in [1.82, 2.24) is 0 Å². The zero-order chi connectivity index (χ0) is 23.3. The summed E-state index contributed by atoms with van der Waals surface area (Å²) in [5.74, 6) is -2.34. The van der Waals surface area contributed by atoms with Crippen molar-refractivity contribution in [2.45, 2.75) is 18.6 Å². The molecule has 0 radical (unpaired) electrons. The first kappa shape index (κ1) is 22.9. The molecule has 168 valence electrons. The van der Waals surface area contributed by atoms with Crippen molar-refractivity contribution in [2.75, 3.05) is 23.9 Å². The molecule has 0 fully saturated rings. The van der Waals surface area contributed by atoms with Crippen LogP contribution in [0.25, 0.3) is 6.08 Å². The Labute approximate surface area is 181 Å². The highest BCUT2D eigenvalue weighted by Crippen LogP contribution is 2.37. The number of alkyl halides is 3. The Kier molecular flexibility index (Phi) is 6.82. The highest BCUT2D eigenvalue weighted by atomic mass is 19.4. The quantitative estimate of drug-likeness (QED) is 0.559. The third-order valence-electron chi connectivity index (χ3n) is 4.62. The molecule has 0 spiro atoms. The van der Waals surface area contributed by atoms with E-state index in [1.165, 1.54) is 37.5 Å². The van der Waals surface area contributed by atoms with E-state index in [1.807, 2.05) is 0 Å². The average Bonchev–Trinajstić information content (AvgIpc) is 2.91. The zero-order valence-electron chi connectivity index (χ0n) is 16.9. The molecule has 1 unspecified atom stereocenters. The van der Waals surface area contributed by atoms with Crippen molar-refractivity contribution in [3.05, 3.63) is 60.2 Å². The predicted molar refractivity (Wildman–Crippen MR) is 110 cm³/mol. The van der Waals surface area contributed by atoms with E-state index in [2.05, 4.69) is 5.32 Å². The van der Waals surface area contributed by atoms with Crippen molar-refractivity contribution in [3.8, 4) is 5.75 Å². The lowest BCUT2D eigenvalue weighted by Crippen LogP contribution is -2.51. The molecule has 2 aromatic rings. The van der Waals surface area contributed by atoms with E-state index < -0.39 is 43.0 Å². The van der Waals surface area contributed by atoms with E-state index in [-0.39, 0.29) is 11.4 Å². The fourth-order valence-corrected chi connectivity index (χ4v) is 3.16. The van der Waals surface area contributed by atoms with Gasteiger partial charge in [-0.2, -0.15) is 13.2 Å². The van der Waals surface area contributed by atoms with Gasteiger partial charge >= 0.3 is 12.1 Å². The molecular weight excluding hydrogens is 429 g/mol. The largest absolute Gasteiger partial charge is 0.497 e. The summed E-state index contributed by atoms with van der Waals surface area (Å²) in [5.41, 5.74) is 0.547. The molecule has 1 aliphatic heterocycles. The van der Waals surface area contributed by atoms with Gasteiger partial charge in [0.15, 0.2) is 6.61 Å². The van der Waals surface area contributed by atoms with Gasteiger partial charge in [-0.05, 0) is 35.9 Å². The van der Waals surface area contributed by atoms with E-state index in [1.54, 1.807) is 24.3 Å². The molecule has 0 bridgehead atoms. The van der Waals surface area contributed by atoms with Gasteiger partial charge in [0.1, 0.15) is 11.8 Å². The van der Waals surface area contributed by atoms with Crippen molar-refractivity contribution in [2.24, 2.45) is 0 Å². The third-order valence-corrected chi connectivity index (χ3v) is 4.62. The lowest BCUT2D eigenvalue weighted by Gasteiger charge is -2.31. The highest BCUT2D eigenvalue weighted by Gasteiger charge is 2.49. The molecule has 2 amide bonds. The van der Waals surface area contributed by atoms with E-state index in [0.717, 1.165) is 6.08 Å². The van der Waals surface area contributed by atoms with Crippen LogP contribution in [0.2, 0.25) is 0 Å². The summed E-state index contributed by atoms with van der Waals surface area (Å²) in [6.45, 7) is -0.934. The first-order valence-corrected chi connectivity index (χ1v) is 9.45. The van der Waals surface area contributed by atoms with Crippen LogP contribution in [0.5, 0.6) is 5.75 Å². The van der Waals surface area contributed by atoms with Gasteiger partial charge in [-0.25, -0.2) is 4.79 Å². The number of hydrogen-bond donors (Lipinski definition) is 1. The Hall–Kier alpha value is -3.82. The van der Waals surface area contributed by atoms with Gasteiger partial charge in [-0.1, -0.05) is 24.3 Å². The van der Waals surface area contributed by atoms with Gasteiger partial charge in [0.05, 0.1) is 24.9 Å². The first-order chi connectivity index (χ1) is 15.2. The van der Waals surface area contributed by atoms with Crippen LogP contribution in [-0.4, -0.2) is 43.7 Å². The summed E-state index contributed by atoms with van der Waals surface area (Å²) >= 11 is 0. The van der Waals surface area contributed by atoms with Crippen LogP contribution in [0.3, 0.4) is 0 Å². The Balaban J connectivity index is 1.76. The molecule has 0 saturated heterocycles. The van der Waals surface area contributed by atoms with Gasteiger partial charge in [0.2, 0.25) is 5.91 Å². The standard InChI is InChI=1S/C22H19F3N2O5/c1-31-15-6-4-5-14(11-15)9-10-21(30)32-13-20(29)27-17-8-3-2-7-16(17)26-19(28)12-18(27)22(23,24)25/h2-11,18H,12-13H2,1H3,(H,26,28)/b10-9+. The van der Waals surface area contributed by atoms with E-state index >= 15 is 0 Å². The van der Waals surface area contributed by atoms with E-state index in [4.69, 9.17) is 9.47 Å². The van der Waals surface area contributed by atoms with Crippen molar-refractivity contribution in [1.29, 1.82) is 0 Å². The van der Waals surface area contributed by atoms with E-state index in [0.29, 0.717) is 16.2 Å². The molecular formula is C22H19F3N2O5. The normalized spacial score (nSPS) is 16.2. The molecule has 1 aliphatic rings. The topological polar surface area (TPSA) is 84.9 Å². The lowest BCUT2D eigenvalue weighted by molar-refractivity contribution is -0.159. The number of nitrogens with zero attached hydrogens (tertiary/aromatic N) is 1. The molecule has 32 heavy (non-hydrogen) atoms. The fourth-order valence-electron chi connectivity index (χ4n) is 3.16. The van der Waals surface area contributed by atoms with Gasteiger partial charge in [-0.15, -0.1) is 0 Å². The molecule has 1 atom stereocenters. The number of nitrogens with one attached hydrogen (secondary N) is 1. The van der Waals surface area contributed by atoms with Crippen molar-refractivity contribution >= 4 is 35.2 Å². The third kappa shape index (κ3) is 5.45. The van der Waals surface area contributed by atoms with Crippen LogP contribution in [0.1, 0.15) is 12.0 Å². The van der Waals surface area contributed by atoms with Crippen molar-refractivity contribution in [3.63, 3.8) is 0 Å². The lowest BCUT2D eigenvalue weighted by atomic mass is 10.1. The number of hydrogen-bond acceptors (Lipinski definition) is 5. The number of carbonyl (C=O) groups is 3. The molecule has 0 aromatic heterocycles. The first-order valence-electron chi connectivity index (χ1n) is 9.45. The summed E-state index contributed by atoms with van der Waals surface area (Å²) in [4.78, 5) is 37.1. The maximum Gasteiger partial charge on any atom is 0.409 e. The van der Waals surface area contributed by atoms with Gasteiger partial charge in [0.25, 0.3) is 5.91 Å². The van der Waals surface area contributed by atoms with Crippen LogP contribution in [0.4, 0.5) is 24.5 Å². The number of amides is 2. The number of halogens is 3. The minimum Gasteiger partial charge on any atom is -0.497 e. The second-order valence-corrected chi connectivity index (χ2v) is 6.81. The summed E-state index contributed by atoms with van der Waals surface area (Å²) in [7, 11) is 1.49. The summed E-state index contributed by atoms with van der Waals surface area (Å²) in [6, 6.07) is 9.99. The Morgan fingerprint density at radius 2 is 1.94 bits per heavy atom. The number of rotatable bonds is 5. The van der Waals surface area contributed by atoms with Gasteiger partial charge in [-0.3, -0.25) is 14.5 Å². The molecule has 7 nitrogen and oxygen atoms in total. The number of anilines is 2. The number of ether oxygens (including phenoxy) is 2. The fraction of sp³-hybridized carbons (Fsp3) is 0.227. The average molecular weight is 448 g/mol. The number of esters is 1. The number of benzene rings is 2. The molecule has 0 saturated carbocycles. The van der Waals surface area contributed by atoms with Crippen LogP contribution >= 0.6 is 0 Å². The number of fused-ring (bicyclic) bond motifs is 1. The summed E-state index contributed by atoms with van der Waals surface area (Å²) in [6.07, 6.45) is -3.39. The summed E-state index contributed by atoms with van der Waals surface area (Å²) in [5, 5.41) is 2.36. The minimum absolute atomic E-state index is 0.0573. The Morgan fingerprint density at radius 3 is 2.66 bits per heavy atom. The Bertz CT molecular complexity index is 1050. The number of methoxy groups -OCH3 is 1. The van der Waals surface area contributed by atoms with Crippen LogP contribution in [-0.2, 0) is 19.1 Å². The highest BCUT2D eigenvalue weighted by molar-refractivity contribution is 6.05. The van der Waals surface area contributed by atoms with Gasteiger partial charge in [0, 0.05) is 6.08 Å².